The third-order valence-electron chi connectivity index (χ3n) is 5.57. The highest BCUT2D eigenvalue weighted by atomic mass is 28.3. The number of hydrogen-bond donors (Lipinski definition) is 0. The van der Waals surface area contributed by atoms with Gasteiger partial charge < -0.3 is 0 Å². The maximum Gasteiger partial charge on any atom is 0.194 e. The Morgan fingerprint density at radius 3 is 2.29 bits per heavy atom. The fourth-order valence-electron chi connectivity index (χ4n) is 4.38. The standard InChI is InChI=1S/C25H26FN3OSi/c1-18-9-5-6-10-21(18)25(17-31(2,3)4,24(30)19-13-15-20(26)16-14-19)29-23-12-8-7-11-22(23)27-28-29/h5-16H,17H2,1-4H3. The molecular weight excluding hydrogens is 405 g/mol. The number of fused-ring (bicyclic) bond motifs is 1. The number of carbonyl (C=O) groups is 1. The lowest BCUT2D eigenvalue weighted by molar-refractivity contribution is 0.0857. The van der Waals surface area contributed by atoms with Crippen molar-refractivity contribution in [2.75, 3.05) is 0 Å². The molecule has 1 heterocycles. The molecule has 31 heavy (non-hydrogen) atoms. The number of hydrogen-bond acceptors (Lipinski definition) is 3. The van der Waals surface area contributed by atoms with Gasteiger partial charge in [0.2, 0.25) is 0 Å². The van der Waals surface area contributed by atoms with Crippen molar-refractivity contribution in [2.24, 2.45) is 0 Å². The van der Waals surface area contributed by atoms with Crippen LogP contribution in [0.3, 0.4) is 0 Å². The fraction of sp³-hybridized carbons (Fsp3) is 0.240. The molecule has 0 saturated carbocycles. The van der Waals surface area contributed by atoms with Gasteiger partial charge >= 0.3 is 0 Å². The summed E-state index contributed by atoms with van der Waals surface area (Å²) in [6.45, 7) is 8.76. The summed E-state index contributed by atoms with van der Waals surface area (Å²) in [5.41, 5.74) is 2.84. The zero-order valence-corrected chi connectivity index (χ0v) is 19.3. The Labute approximate surface area is 182 Å². The predicted octanol–water partition coefficient (Wildman–Crippen LogP) is 5.84. The van der Waals surface area contributed by atoms with Crippen LogP contribution in [0.1, 0.15) is 21.5 Å². The van der Waals surface area contributed by atoms with Crippen LogP contribution < -0.4 is 0 Å². The largest absolute Gasteiger partial charge is 0.291 e. The summed E-state index contributed by atoms with van der Waals surface area (Å²) in [6.07, 6.45) is 0. The van der Waals surface area contributed by atoms with E-state index in [0.717, 1.165) is 22.2 Å². The first-order valence-electron chi connectivity index (χ1n) is 10.4. The molecule has 0 amide bonds. The first-order chi connectivity index (χ1) is 14.7. The minimum Gasteiger partial charge on any atom is -0.291 e. The minimum absolute atomic E-state index is 0.0973. The number of aromatic nitrogens is 3. The number of benzene rings is 3. The van der Waals surface area contributed by atoms with Gasteiger partial charge in [0, 0.05) is 13.6 Å². The Bertz CT molecular complexity index is 1240. The van der Waals surface area contributed by atoms with Crippen molar-refractivity contribution < 1.29 is 9.18 Å². The summed E-state index contributed by atoms with van der Waals surface area (Å²) < 4.78 is 15.5. The van der Waals surface area contributed by atoms with Crippen LogP contribution in [0.5, 0.6) is 0 Å². The average molecular weight is 432 g/mol. The van der Waals surface area contributed by atoms with E-state index in [1.54, 1.807) is 16.8 Å². The summed E-state index contributed by atoms with van der Waals surface area (Å²) in [6, 6.07) is 22.1. The molecule has 3 aromatic carbocycles. The van der Waals surface area contributed by atoms with E-state index in [-0.39, 0.29) is 11.6 Å². The smallest absolute Gasteiger partial charge is 0.194 e. The molecule has 0 aliphatic carbocycles. The Morgan fingerprint density at radius 1 is 0.968 bits per heavy atom. The number of nitrogens with zero attached hydrogens (tertiary/aromatic N) is 3. The van der Waals surface area contributed by atoms with Crippen LogP contribution in [0.4, 0.5) is 4.39 Å². The van der Waals surface area contributed by atoms with E-state index in [2.05, 4.69) is 30.0 Å². The Morgan fingerprint density at radius 2 is 1.61 bits per heavy atom. The maximum absolute atomic E-state index is 14.4. The molecule has 0 fully saturated rings. The quantitative estimate of drug-likeness (QED) is 0.284. The molecule has 4 rings (SSSR count). The lowest BCUT2D eigenvalue weighted by Crippen LogP contribution is -2.49. The van der Waals surface area contributed by atoms with Crippen LogP contribution >= 0.6 is 0 Å². The molecule has 0 spiro atoms. The van der Waals surface area contributed by atoms with Crippen LogP contribution in [0.2, 0.25) is 25.7 Å². The zero-order valence-electron chi connectivity index (χ0n) is 18.3. The second kappa shape index (κ2) is 7.85. The molecule has 0 N–H and O–H groups in total. The molecule has 1 unspecified atom stereocenters. The summed E-state index contributed by atoms with van der Waals surface area (Å²) in [5.74, 6) is -0.464. The van der Waals surface area contributed by atoms with Crippen molar-refractivity contribution in [2.45, 2.75) is 38.1 Å². The first-order valence-corrected chi connectivity index (χ1v) is 14.1. The lowest BCUT2D eigenvalue weighted by atomic mass is 9.81. The first kappa shape index (κ1) is 21.1. The molecule has 6 heteroatoms. The average Bonchev–Trinajstić information content (AvgIpc) is 3.16. The normalized spacial score (nSPS) is 13.8. The fourth-order valence-corrected chi connectivity index (χ4v) is 6.41. The highest BCUT2D eigenvalue weighted by Gasteiger charge is 2.48. The topological polar surface area (TPSA) is 47.8 Å². The molecule has 0 radical (unpaired) electrons. The van der Waals surface area contributed by atoms with Crippen LogP contribution in [-0.2, 0) is 5.54 Å². The maximum atomic E-state index is 14.4. The number of ketones is 1. The molecular formula is C25H26FN3OSi. The van der Waals surface area contributed by atoms with Crippen molar-refractivity contribution in [3.05, 3.63) is 95.3 Å². The lowest BCUT2D eigenvalue weighted by Gasteiger charge is -2.38. The zero-order chi connectivity index (χ0) is 22.2. The number of halogens is 1. The number of rotatable bonds is 6. The summed E-state index contributed by atoms with van der Waals surface area (Å²) in [7, 11) is -1.83. The van der Waals surface area contributed by atoms with Crippen molar-refractivity contribution in [3.63, 3.8) is 0 Å². The molecule has 0 bridgehead atoms. The predicted molar refractivity (Wildman–Crippen MR) is 125 cm³/mol. The van der Waals surface area contributed by atoms with E-state index in [0.29, 0.717) is 11.6 Å². The Balaban J connectivity index is 2.10. The molecule has 0 aliphatic rings. The molecule has 158 valence electrons. The van der Waals surface area contributed by atoms with Crippen molar-refractivity contribution in [3.8, 4) is 0 Å². The summed E-state index contributed by atoms with van der Waals surface area (Å²) >= 11 is 0. The van der Waals surface area contributed by atoms with Crippen LogP contribution in [0.15, 0.2) is 72.8 Å². The number of para-hydroxylation sites is 1. The van der Waals surface area contributed by atoms with Gasteiger partial charge in [0.25, 0.3) is 0 Å². The summed E-state index contributed by atoms with van der Waals surface area (Å²) in [4.78, 5) is 14.4. The van der Waals surface area contributed by atoms with Gasteiger partial charge in [0.05, 0.1) is 5.52 Å². The van der Waals surface area contributed by atoms with Gasteiger partial charge in [-0.25, -0.2) is 9.07 Å². The van der Waals surface area contributed by atoms with E-state index in [1.165, 1.54) is 12.1 Å². The molecule has 1 atom stereocenters. The van der Waals surface area contributed by atoms with Gasteiger partial charge in [-0.1, -0.05) is 61.3 Å². The molecule has 1 aromatic heterocycles. The van der Waals surface area contributed by atoms with Crippen LogP contribution in [0, 0.1) is 12.7 Å². The van der Waals surface area contributed by atoms with E-state index < -0.39 is 13.6 Å². The number of carbonyl (C=O) groups excluding carboxylic acids is 1. The highest BCUT2D eigenvalue weighted by Crippen LogP contribution is 2.41. The molecule has 4 aromatic rings. The van der Waals surface area contributed by atoms with Crippen molar-refractivity contribution in [1.82, 2.24) is 15.0 Å². The number of aryl methyl sites for hydroxylation is 1. The number of Topliss-reactive ketones (excluding diaryl/α,β-unsaturated/α-hetero) is 1. The Kier molecular flexibility index (Phi) is 5.35. The second-order valence-corrected chi connectivity index (χ2v) is 14.7. The van der Waals surface area contributed by atoms with E-state index in [4.69, 9.17) is 0 Å². The van der Waals surface area contributed by atoms with Gasteiger partial charge in [0.1, 0.15) is 11.3 Å². The second-order valence-electron chi connectivity index (χ2n) is 9.24. The van der Waals surface area contributed by atoms with E-state index in [1.807, 2.05) is 55.5 Å². The van der Waals surface area contributed by atoms with Gasteiger partial charge in [-0.15, -0.1) is 5.10 Å². The Hall–Kier alpha value is -3.12. The monoisotopic (exact) mass is 431 g/mol. The third-order valence-corrected chi connectivity index (χ3v) is 7.14. The van der Waals surface area contributed by atoms with Gasteiger partial charge in [-0.3, -0.25) is 4.79 Å². The van der Waals surface area contributed by atoms with Gasteiger partial charge in [-0.2, -0.15) is 0 Å². The third kappa shape index (κ3) is 3.83. The molecule has 4 nitrogen and oxygen atoms in total. The van der Waals surface area contributed by atoms with E-state index in [9.17, 15) is 9.18 Å². The minimum atomic E-state index is -1.83. The summed E-state index contributed by atoms with van der Waals surface area (Å²) in [5, 5.41) is 8.90. The SMILES string of the molecule is Cc1ccccc1C(C[Si](C)(C)C)(C(=O)c1ccc(F)cc1)n1nnc2ccccc21. The highest BCUT2D eigenvalue weighted by molar-refractivity contribution is 6.76. The van der Waals surface area contributed by atoms with Crippen LogP contribution in [-0.4, -0.2) is 28.9 Å². The van der Waals surface area contributed by atoms with Crippen molar-refractivity contribution in [1.29, 1.82) is 0 Å². The van der Waals surface area contributed by atoms with Crippen molar-refractivity contribution >= 4 is 24.9 Å². The molecule has 0 saturated heterocycles. The van der Waals surface area contributed by atoms with Crippen LogP contribution in [0.25, 0.3) is 11.0 Å². The van der Waals surface area contributed by atoms with Gasteiger partial charge in [0.15, 0.2) is 11.3 Å². The van der Waals surface area contributed by atoms with E-state index >= 15 is 0 Å². The molecule has 0 aliphatic heterocycles. The van der Waals surface area contributed by atoms with Gasteiger partial charge in [-0.05, 0) is 60.5 Å².